The highest BCUT2D eigenvalue weighted by Gasteiger charge is 2.14. The van der Waals surface area contributed by atoms with E-state index in [1.807, 2.05) is 30.3 Å². The molecule has 0 saturated carbocycles. The van der Waals surface area contributed by atoms with Gasteiger partial charge in [0.1, 0.15) is 12.4 Å². The second-order valence-corrected chi connectivity index (χ2v) is 7.97. The fourth-order valence-corrected chi connectivity index (χ4v) is 4.12. The van der Waals surface area contributed by atoms with Crippen molar-refractivity contribution in [1.29, 1.82) is 5.26 Å². The lowest BCUT2D eigenvalue weighted by molar-refractivity contribution is 0.283. The summed E-state index contributed by atoms with van der Waals surface area (Å²) in [6.07, 6.45) is 1.63. The van der Waals surface area contributed by atoms with E-state index in [9.17, 15) is 9.65 Å². The molecule has 0 aliphatic heterocycles. The molecule has 0 atom stereocenters. The topological polar surface area (TPSA) is 42.2 Å². The van der Waals surface area contributed by atoms with Gasteiger partial charge in [-0.1, -0.05) is 60.7 Å². The minimum atomic E-state index is -0.443. The highest BCUT2D eigenvalue weighted by Crippen LogP contribution is 2.38. The Morgan fingerprint density at radius 3 is 2.56 bits per heavy atom. The molecule has 158 valence electrons. The van der Waals surface area contributed by atoms with Crippen molar-refractivity contribution < 1.29 is 13.9 Å². The summed E-state index contributed by atoms with van der Waals surface area (Å²) in [6.45, 7) is 0.365. The van der Waals surface area contributed by atoms with Gasteiger partial charge >= 0.3 is 0 Å². The van der Waals surface area contributed by atoms with Crippen LogP contribution in [0, 0.1) is 17.1 Å². The van der Waals surface area contributed by atoms with Gasteiger partial charge in [-0.05, 0) is 62.1 Å². The first-order valence-electron chi connectivity index (χ1n) is 9.94. The van der Waals surface area contributed by atoms with E-state index in [1.54, 1.807) is 37.5 Å². The Hall–Kier alpha value is -3.62. The van der Waals surface area contributed by atoms with Crippen molar-refractivity contribution in [3.63, 3.8) is 0 Å². The second-order valence-electron chi connectivity index (χ2n) is 7.11. The fourth-order valence-electron chi connectivity index (χ4n) is 3.55. The SMILES string of the molecule is COc1cc(C=C(C#N)c2ccccc2F)cc(Br)c1OCc1cccc2ccccc12. The molecule has 0 aromatic heterocycles. The van der Waals surface area contributed by atoms with Gasteiger partial charge in [-0.3, -0.25) is 0 Å². The van der Waals surface area contributed by atoms with Crippen LogP contribution in [0.1, 0.15) is 16.7 Å². The van der Waals surface area contributed by atoms with Crippen molar-refractivity contribution in [2.75, 3.05) is 7.11 Å². The number of ether oxygens (including phenoxy) is 2. The van der Waals surface area contributed by atoms with Crippen LogP contribution in [0.4, 0.5) is 4.39 Å². The van der Waals surface area contributed by atoms with Gasteiger partial charge in [0.05, 0.1) is 23.2 Å². The van der Waals surface area contributed by atoms with Crippen molar-refractivity contribution in [2.24, 2.45) is 0 Å². The number of rotatable bonds is 6. The number of nitrogens with zero attached hydrogens (tertiary/aromatic N) is 1. The third kappa shape index (κ3) is 4.51. The van der Waals surface area contributed by atoms with Crippen LogP contribution < -0.4 is 9.47 Å². The summed E-state index contributed by atoms with van der Waals surface area (Å²) in [5.41, 5.74) is 2.22. The van der Waals surface area contributed by atoms with Crippen molar-refractivity contribution in [3.8, 4) is 17.6 Å². The van der Waals surface area contributed by atoms with Gasteiger partial charge in [0.15, 0.2) is 11.5 Å². The lowest BCUT2D eigenvalue weighted by atomic mass is 10.0. The van der Waals surface area contributed by atoms with E-state index in [-0.39, 0.29) is 11.1 Å². The smallest absolute Gasteiger partial charge is 0.175 e. The molecule has 0 aliphatic rings. The molecule has 4 aromatic rings. The Balaban J connectivity index is 1.65. The number of allylic oxidation sites excluding steroid dienone is 1. The first-order valence-corrected chi connectivity index (χ1v) is 10.7. The average molecular weight is 488 g/mol. The van der Waals surface area contributed by atoms with Crippen LogP contribution in [-0.2, 0) is 6.61 Å². The molecule has 32 heavy (non-hydrogen) atoms. The van der Waals surface area contributed by atoms with Gasteiger partial charge in [0.2, 0.25) is 0 Å². The quantitative estimate of drug-likeness (QED) is 0.210. The van der Waals surface area contributed by atoms with Crippen LogP contribution in [0.15, 0.2) is 83.3 Å². The van der Waals surface area contributed by atoms with E-state index in [2.05, 4.69) is 40.2 Å². The van der Waals surface area contributed by atoms with Crippen LogP contribution in [-0.4, -0.2) is 7.11 Å². The molecule has 0 N–H and O–H groups in total. The molecule has 0 aliphatic carbocycles. The summed E-state index contributed by atoms with van der Waals surface area (Å²) in [6, 6.07) is 26.1. The van der Waals surface area contributed by atoms with Crippen molar-refractivity contribution in [1.82, 2.24) is 0 Å². The molecule has 0 bridgehead atoms. The van der Waals surface area contributed by atoms with E-state index in [1.165, 1.54) is 6.07 Å². The number of halogens is 2. The van der Waals surface area contributed by atoms with Gasteiger partial charge in [0.25, 0.3) is 0 Å². The molecule has 4 aromatic carbocycles. The third-order valence-corrected chi connectivity index (χ3v) is 5.69. The van der Waals surface area contributed by atoms with Crippen LogP contribution in [0.25, 0.3) is 22.4 Å². The molecule has 0 radical (unpaired) electrons. The molecule has 0 unspecified atom stereocenters. The maximum atomic E-state index is 14.1. The number of nitriles is 1. The summed E-state index contributed by atoms with van der Waals surface area (Å²) in [4.78, 5) is 0. The van der Waals surface area contributed by atoms with Crippen LogP contribution in [0.2, 0.25) is 0 Å². The molecular weight excluding hydrogens is 469 g/mol. The number of hydrogen-bond acceptors (Lipinski definition) is 3. The minimum Gasteiger partial charge on any atom is -0.493 e. The van der Waals surface area contributed by atoms with Gasteiger partial charge in [-0.2, -0.15) is 5.26 Å². The molecular formula is C27H19BrFNO2. The normalized spacial score (nSPS) is 11.2. The second kappa shape index (κ2) is 9.67. The standard InChI is InChI=1S/C27H19BrFNO2/c1-31-26-15-18(13-21(16-30)23-11-4-5-12-25(23)29)14-24(28)27(26)32-17-20-9-6-8-19-7-2-3-10-22(19)20/h2-15H,17H2,1H3. The fraction of sp³-hybridized carbons (Fsp3) is 0.0741. The summed E-state index contributed by atoms with van der Waals surface area (Å²) in [5.74, 6) is 0.625. The number of fused-ring (bicyclic) bond motifs is 1. The molecule has 0 fully saturated rings. The third-order valence-electron chi connectivity index (χ3n) is 5.10. The number of hydrogen-bond donors (Lipinski definition) is 0. The Kier molecular flexibility index (Phi) is 6.53. The van der Waals surface area contributed by atoms with E-state index in [0.29, 0.717) is 28.1 Å². The molecule has 4 rings (SSSR count). The monoisotopic (exact) mass is 487 g/mol. The number of benzene rings is 4. The Bertz CT molecular complexity index is 1350. The van der Waals surface area contributed by atoms with Crippen molar-refractivity contribution in [2.45, 2.75) is 6.61 Å². The molecule has 3 nitrogen and oxygen atoms in total. The lowest BCUT2D eigenvalue weighted by Gasteiger charge is -2.15. The van der Waals surface area contributed by atoms with Crippen molar-refractivity contribution in [3.05, 3.63) is 106 Å². The molecule has 0 amide bonds. The summed E-state index contributed by atoms with van der Waals surface area (Å²) in [7, 11) is 1.56. The molecule has 0 saturated heterocycles. The molecule has 0 spiro atoms. The predicted molar refractivity (Wildman–Crippen MR) is 129 cm³/mol. The predicted octanol–water partition coefficient (Wildman–Crippen LogP) is 7.39. The lowest BCUT2D eigenvalue weighted by Crippen LogP contribution is -2.00. The van der Waals surface area contributed by atoms with Gasteiger partial charge in [0, 0.05) is 5.56 Å². The first-order chi connectivity index (χ1) is 15.6. The maximum Gasteiger partial charge on any atom is 0.175 e. The van der Waals surface area contributed by atoms with E-state index >= 15 is 0 Å². The largest absolute Gasteiger partial charge is 0.493 e. The number of methoxy groups -OCH3 is 1. The van der Waals surface area contributed by atoms with Gasteiger partial charge < -0.3 is 9.47 Å². The van der Waals surface area contributed by atoms with Crippen LogP contribution in [0.3, 0.4) is 0 Å². The van der Waals surface area contributed by atoms with Crippen LogP contribution >= 0.6 is 15.9 Å². The van der Waals surface area contributed by atoms with E-state index in [4.69, 9.17) is 9.47 Å². The van der Waals surface area contributed by atoms with Gasteiger partial charge in [-0.15, -0.1) is 0 Å². The summed E-state index contributed by atoms with van der Waals surface area (Å²) < 4.78 is 26.5. The molecule has 5 heteroatoms. The molecule has 0 heterocycles. The van der Waals surface area contributed by atoms with E-state index in [0.717, 1.165) is 16.3 Å². The Labute approximate surface area is 194 Å². The first kappa shape index (κ1) is 21.6. The zero-order chi connectivity index (χ0) is 22.5. The zero-order valence-electron chi connectivity index (χ0n) is 17.3. The average Bonchev–Trinajstić information content (AvgIpc) is 2.82. The maximum absolute atomic E-state index is 14.1. The highest BCUT2D eigenvalue weighted by atomic mass is 79.9. The zero-order valence-corrected chi connectivity index (χ0v) is 18.9. The van der Waals surface area contributed by atoms with E-state index < -0.39 is 5.82 Å². The summed E-state index contributed by atoms with van der Waals surface area (Å²) in [5, 5.41) is 11.8. The highest BCUT2D eigenvalue weighted by molar-refractivity contribution is 9.10. The van der Waals surface area contributed by atoms with Crippen LogP contribution in [0.5, 0.6) is 11.5 Å². The van der Waals surface area contributed by atoms with Crippen molar-refractivity contribution >= 4 is 38.4 Å². The summed E-state index contributed by atoms with van der Waals surface area (Å²) >= 11 is 3.55. The minimum absolute atomic E-state index is 0.224. The van der Waals surface area contributed by atoms with Gasteiger partial charge in [-0.25, -0.2) is 4.39 Å². The Morgan fingerprint density at radius 2 is 1.78 bits per heavy atom. The Morgan fingerprint density at radius 1 is 1.03 bits per heavy atom.